The molecule has 3 aromatic rings. The fraction of sp³-hybridized carbons (Fsp3) is 0.0588. The van der Waals surface area contributed by atoms with E-state index in [9.17, 15) is 4.39 Å². The lowest BCUT2D eigenvalue weighted by atomic mass is 10.2. The molecule has 0 aliphatic heterocycles. The van der Waals surface area contributed by atoms with E-state index in [0.29, 0.717) is 17.0 Å². The lowest BCUT2D eigenvalue weighted by Gasteiger charge is -2.08. The molecule has 2 aromatic carbocycles. The summed E-state index contributed by atoms with van der Waals surface area (Å²) >= 11 is 5.72. The smallest absolute Gasteiger partial charge is 0.176 e. The van der Waals surface area contributed by atoms with Gasteiger partial charge in [0, 0.05) is 5.69 Å². The predicted octanol–water partition coefficient (Wildman–Crippen LogP) is 3.75. The van der Waals surface area contributed by atoms with Crippen molar-refractivity contribution in [2.45, 2.75) is 6.61 Å². The fourth-order valence-electron chi connectivity index (χ4n) is 2.08. The predicted molar refractivity (Wildman–Crippen MR) is 91.6 cm³/mol. The van der Waals surface area contributed by atoms with Crippen LogP contribution in [-0.2, 0) is 6.61 Å². The molecule has 0 aliphatic carbocycles. The maximum absolute atomic E-state index is 13.2. The second-order valence-corrected chi connectivity index (χ2v) is 5.52. The molecule has 26 heavy (non-hydrogen) atoms. The molecule has 0 unspecified atom stereocenters. The van der Waals surface area contributed by atoms with Crippen molar-refractivity contribution in [3.05, 3.63) is 70.3 Å². The zero-order chi connectivity index (χ0) is 18.5. The van der Waals surface area contributed by atoms with E-state index in [0.717, 1.165) is 0 Å². The number of aromatic nitrogens is 2. The number of amidine groups is 1. The Labute approximate surface area is 152 Å². The highest BCUT2D eigenvalue weighted by Gasteiger charge is 2.16. The van der Waals surface area contributed by atoms with Gasteiger partial charge in [0.2, 0.25) is 0 Å². The fourth-order valence-corrected chi connectivity index (χ4v) is 2.26. The summed E-state index contributed by atoms with van der Waals surface area (Å²) in [5.74, 6) is -0.193. The summed E-state index contributed by atoms with van der Waals surface area (Å²) in [6.07, 6.45) is 0. The quantitative estimate of drug-likeness (QED) is 0.522. The number of nitrogens with zero attached hydrogens (tertiary/aromatic N) is 3. The van der Waals surface area contributed by atoms with Gasteiger partial charge < -0.3 is 10.1 Å². The first-order valence-electron chi connectivity index (χ1n) is 7.32. The van der Waals surface area contributed by atoms with Crippen molar-refractivity contribution in [2.24, 2.45) is 0 Å². The first kappa shape index (κ1) is 17.4. The Morgan fingerprint density at radius 2 is 2.15 bits per heavy atom. The minimum Gasteiger partial charge on any atom is -0.487 e. The standard InChI is InChI=1S/C17H11ClFN5O2/c18-13-7-11(4-5-14(13)19)22-17(21)16-15(23-26-24-16)9-25-12-3-1-2-10(6-12)8-20/h1-7H,9H2,(H2,21,22). The molecule has 3 rings (SSSR count). The average Bonchev–Trinajstić information content (AvgIpc) is 3.12. The molecule has 0 radical (unpaired) electrons. The largest absolute Gasteiger partial charge is 0.487 e. The minimum absolute atomic E-state index is 0.0120. The van der Waals surface area contributed by atoms with Gasteiger partial charge in [-0.3, -0.25) is 5.41 Å². The summed E-state index contributed by atoms with van der Waals surface area (Å²) in [4.78, 5) is 0. The zero-order valence-corrected chi connectivity index (χ0v) is 13.9. The maximum atomic E-state index is 13.2. The van der Waals surface area contributed by atoms with Crippen LogP contribution in [0.4, 0.5) is 10.1 Å². The van der Waals surface area contributed by atoms with E-state index in [2.05, 4.69) is 20.3 Å². The molecule has 130 valence electrons. The van der Waals surface area contributed by atoms with E-state index < -0.39 is 5.82 Å². The lowest BCUT2D eigenvalue weighted by molar-refractivity contribution is 0.270. The van der Waals surface area contributed by atoms with Crippen LogP contribution in [0.25, 0.3) is 0 Å². The number of rotatable bonds is 5. The Balaban J connectivity index is 1.70. The highest BCUT2D eigenvalue weighted by atomic mass is 35.5. The zero-order valence-electron chi connectivity index (χ0n) is 13.2. The Hall–Kier alpha value is -3.44. The summed E-state index contributed by atoms with van der Waals surface area (Å²) in [5.41, 5.74) is 1.31. The molecule has 0 saturated heterocycles. The van der Waals surface area contributed by atoms with Gasteiger partial charge in [0.15, 0.2) is 17.2 Å². The first-order chi connectivity index (χ1) is 12.6. The van der Waals surface area contributed by atoms with Crippen LogP contribution in [0, 0.1) is 22.6 Å². The molecule has 9 heteroatoms. The number of hydrogen-bond donors (Lipinski definition) is 2. The third-order valence-corrected chi connectivity index (χ3v) is 3.61. The first-order valence-corrected chi connectivity index (χ1v) is 7.70. The van der Waals surface area contributed by atoms with E-state index in [1.54, 1.807) is 24.3 Å². The molecule has 0 saturated carbocycles. The van der Waals surface area contributed by atoms with E-state index in [1.807, 2.05) is 6.07 Å². The molecule has 2 N–H and O–H groups in total. The Bertz CT molecular complexity index is 999. The SMILES string of the molecule is N#Cc1cccc(OCc2nonc2C(=N)Nc2ccc(F)c(Cl)c2)c1. The van der Waals surface area contributed by atoms with Gasteiger partial charge in [-0.1, -0.05) is 22.8 Å². The number of ether oxygens (including phenoxy) is 1. The van der Waals surface area contributed by atoms with Gasteiger partial charge in [0.25, 0.3) is 0 Å². The van der Waals surface area contributed by atoms with Gasteiger partial charge in [-0.2, -0.15) is 5.26 Å². The van der Waals surface area contributed by atoms with Crippen LogP contribution in [0.15, 0.2) is 47.1 Å². The van der Waals surface area contributed by atoms with Gasteiger partial charge in [0.1, 0.15) is 18.2 Å². The van der Waals surface area contributed by atoms with Crippen LogP contribution in [0.5, 0.6) is 5.75 Å². The van der Waals surface area contributed by atoms with E-state index in [-0.39, 0.29) is 28.9 Å². The van der Waals surface area contributed by atoms with Crippen molar-refractivity contribution in [1.82, 2.24) is 10.3 Å². The van der Waals surface area contributed by atoms with Crippen LogP contribution in [-0.4, -0.2) is 16.1 Å². The molecule has 0 amide bonds. The monoisotopic (exact) mass is 371 g/mol. The van der Waals surface area contributed by atoms with E-state index >= 15 is 0 Å². The van der Waals surface area contributed by atoms with Gasteiger partial charge in [-0.25, -0.2) is 9.02 Å². The lowest BCUT2D eigenvalue weighted by Crippen LogP contribution is -2.15. The van der Waals surface area contributed by atoms with Crippen LogP contribution >= 0.6 is 11.6 Å². The normalized spacial score (nSPS) is 10.2. The molecule has 0 bridgehead atoms. The second kappa shape index (κ2) is 7.63. The Morgan fingerprint density at radius 1 is 1.31 bits per heavy atom. The van der Waals surface area contributed by atoms with Crippen LogP contribution < -0.4 is 10.1 Å². The second-order valence-electron chi connectivity index (χ2n) is 5.12. The van der Waals surface area contributed by atoms with Crippen molar-refractivity contribution < 1.29 is 13.8 Å². The molecule has 0 spiro atoms. The Morgan fingerprint density at radius 3 is 2.92 bits per heavy atom. The highest BCUT2D eigenvalue weighted by molar-refractivity contribution is 6.31. The third kappa shape index (κ3) is 3.96. The van der Waals surface area contributed by atoms with Crippen molar-refractivity contribution in [3.63, 3.8) is 0 Å². The van der Waals surface area contributed by atoms with E-state index in [4.69, 9.17) is 27.0 Å². The third-order valence-electron chi connectivity index (χ3n) is 3.32. The van der Waals surface area contributed by atoms with Crippen LogP contribution in [0.1, 0.15) is 17.0 Å². The summed E-state index contributed by atoms with van der Waals surface area (Å²) in [6, 6.07) is 12.6. The van der Waals surface area contributed by atoms with Crippen LogP contribution in [0.2, 0.25) is 5.02 Å². The molecule has 0 aliphatic rings. The molecule has 1 heterocycles. The Kier molecular flexibility index (Phi) is 5.10. The van der Waals surface area contributed by atoms with Crippen molar-refractivity contribution in [3.8, 4) is 11.8 Å². The molecular formula is C17H11ClFN5O2. The van der Waals surface area contributed by atoms with Crippen LogP contribution in [0.3, 0.4) is 0 Å². The molecule has 0 atom stereocenters. The summed E-state index contributed by atoms with van der Waals surface area (Å²) in [5, 5.41) is 27.1. The number of nitriles is 1. The summed E-state index contributed by atoms with van der Waals surface area (Å²) < 4.78 is 23.4. The van der Waals surface area contributed by atoms with Gasteiger partial charge in [-0.05, 0) is 41.6 Å². The van der Waals surface area contributed by atoms with Crippen molar-refractivity contribution in [2.75, 3.05) is 5.32 Å². The van der Waals surface area contributed by atoms with Gasteiger partial charge >= 0.3 is 0 Å². The topological polar surface area (TPSA) is 108 Å². The molecule has 1 aromatic heterocycles. The van der Waals surface area contributed by atoms with Gasteiger partial charge in [0.05, 0.1) is 16.7 Å². The van der Waals surface area contributed by atoms with Crippen molar-refractivity contribution >= 4 is 23.1 Å². The number of hydrogen-bond acceptors (Lipinski definition) is 6. The highest BCUT2D eigenvalue weighted by Crippen LogP contribution is 2.20. The number of nitrogens with one attached hydrogen (secondary N) is 2. The summed E-state index contributed by atoms with van der Waals surface area (Å²) in [7, 11) is 0. The average molecular weight is 372 g/mol. The van der Waals surface area contributed by atoms with E-state index in [1.165, 1.54) is 18.2 Å². The maximum Gasteiger partial charge on any atom is 0.176 e. The van der Waals surface area contributed by atoms with Crippen molar-refractivity contribution in [1.29, 1.82) is 10.7 Å². The molecule has 7 nitrogen and oxygen atoms in total. The number of benzene rings is 2. The number of halogens is 2. The van der Waals surface area contributed by atoms with Gasteiger partial charge in [-0.15, -0.1) is 0 Å². The number of anilines is 1. The molecule has 0 fully saturated rings. The molecular weight excluding hydrogens is 361 g/mol. The minimum atomic E-state index is -0.555. The summed E-state index contributed by atoms with van der Waals surface area (Å²) in [6.45, 7) is -0.0120.